The van der Waals surface area contributed by atoms with Gasteiger partial charge in [-0.1, -0.05) is 25.7 Å². The van der Waals surface area contributed by atoms with Crippen LogP contribution in [0.2, 0.25) is 0 Å². The van der Waals surface area contributed by atoms with Crippen molar-refractivity contribution in [1.82, 2.24) is 0 Å². The first-order chi connectivity index (χ1) is 7.74. The summed E-state index contributed by atoms with van der Waals surface area (Å²) in [6, 6.07) is 0.317. The second-order valence-electron chi connectivity index (χ2n) is 5.57. The number of aliphatic hydroxyl groups is 1. The highest BCUT2D eigenvalue weighted by molar-refractivity contribution is 4.79. The Morgan fingerprint density at radius 3 is 2.56 bits per heavy atom. The maximum Gasteiger partial charge on any atom is 0.0776 e. The molecule has 16 heavy (non-hydrogen) atoms. The summed E-state index contributed by atoms with van der Waals surface area (Å²) in [7, 11) is 0. The van der Waals surface area contributed by atoms with Crippen LogP contribution < -0.4 is 5.73 Å². The van der Waals surface area contributed by atoms with Gasteiger partial charge in [0.15, 0.2) is 0 Å². The van der Waals surface area contributed by atoms with Gasteiger partial charge in [0.1, 0.15) is 0 Å². The molecule has 2 aliphatic rings. The lowest BCUT2D eigenvalue weighted by atomic mass is 10.0. The Labute approximate surface area is 98.4 Å². The third-order valence-corrected chi connectivity index (χ3v) is 4.03. The van der Waals surface area contributed by atoms with Gasteiger partial charge in [0.25, 0.3) is 0 Å². The lowest BCUT2D eigenvalue weighted by molar-refractivity contribution is -0.0145. The summed E-state index contributed by atoms with van der Waals surface area (Å²) in [6.45, 7) is 0.508. The first-order valence-electron chi connectivity index (χ1n) is 6.79. The first-order valence-corrected chi connectivity index (χ1v) is 6.79. The molecule has 0 aromatic carbocycles. The Morgan fingerprint density at radius 2 is 1.94 bits per heavy atom. The molecule has 2 aliphatic carbocycles. The van der Waals surface area contributed by atoms with Crippen molar-refractivity contribution >= 4 is 0 Å². The second kappa shape index (κ2) is 5.99. The van der Waals surface area contributed by atoms with Crippen LogP contribution in [0.3, 0.4) is 0 Å². The van der Waals surface area contributed by atoms with Crippen LogP contribution in [0.1, 0.15) is 51.4 Å². The van der Waals surface area contributed by atoms with Gasteiger partial charge in [0.2, 0.25) is 0 Å². The number of hydrogen-bond donors (Lipinski definition) is 2. The summed E-state index contributed by atoms with van der Waals surface area (Å²) in [5, 5.41) is 9.88. The van der Waals surface area contributed by atoms with Crippen LogP contribution >= 0.6 is 0 Å². The number of ether oxygens (including phenoxy) is 1. The standard InChI is InChI=1S/C13H25NO2/c14-11-5-6-13(8-11)16-9-12(15)7-10-3-1-2-4-10/h10-13,15H,1-9,14H2. The van der Waals surface area contributed by atoms with Crippen molar-refractivity contribution in [1.29, 1.82) is 0 Å². The zero-order chi connectivity index (χ0) is 11.4. The SMILES string of the molecule is NC1CCC(OCC(O)CC2CCCC2)C1. The Bertz CT molecular complexity index is 204. The van der Waals surface area contributed by atoms with Gasteiger partial charge in [-0.2, -0.15) is 0 Å². The van der Waals surface area contributed by atoms with Crippen molar-refractivity contribution in [2.24, 2.45) is 11.7 Å². The van der Waals surface area contributed by atoms with E-state index in [-0.39, 0.29) is 6.10 Å². The predicted molar refractivity (Wildman–Crippen MR) is 64.1 cm³/mol. The van der Waals surface area contributed by atoms with E-state index in [4.69, 9.17) is 10.5 Å². The molecule has 3 N–H and O–H groups in total. The van der Waals surface area contributed by atoms with Crippen molar-refractivity contribution in [2.45, 2.75) is 69.6 Å². The minimum atomic E-state index is -0.264. The fourth-order valence-electron chi connectivity index (χ4n) is 3.07. The smallest absolute Gasteiger partial charge is 0.0776 e. The summed E-state index contributed by atoms with van der Waals surface area (Å²) in [5.74, 6) is 0.740. The van der Waals surface area contributed by atoms with Crippen LogP contribution in [0, 0.1) is 5.92 Å². The van der Waals surface area contributed by atoms with Gasteiger partial charge < -0.3 is 15.6 Å². The molecule has 0 aliphatic heterocycles. The topological polar surface area (TPSA) is 55.5 Å². The molecule has 0 saturated heterocycles. The van der Waals surface area contributed by atoms with Crippen molar-refractivity contribution < 1.29 is 9.84 Å². The van der Waals surface area contributed by atoms with Crippen LogP contribution in [0.5, 0.6) is 0 Å². The molecule has 2 fully saturated rings. The van der Waals surface area contributed by atoms with E-state index < -0.39 is 0 Å². The minimum absolute atomic E-state index is 0.264. The van der Waals surface area contributed by atoms with Gasteiger partial charge in [-0.25, -0.2) is 0 Å². The number of hydrogen-bond acceptors (Lipinski definition) is 3. The molecule has 2 rings (SSSR count). The molecular weight excluding hydrogens is 202 g/mol. The fraction of sp³-hybridized carbons (Fsp3) is 1.00. The lowest BCUT2D eigenvalue weighted by Gasteiger charge is -2.18. The normalized spacial score (nSPS) is 33.4. The van der Waals surface area contributed by atoms with Crippen LogP contribution in [-0.4, -0.2) is 30.0 Å². The van der Waals surface area contributed by atoms with E-state index in [9.17, 15) is 5.11 Å². The molecule has 0 spiro atoms. The zero-order valence-electron chi connectivity index (χ0n) is 10.1. The van der Waals surface area contributed by atoms with Crippen molar-refractivity contribution in [2.75, 3.05) is 6.61 Å². The van der Waals surface area contributed by atoms with Gasteiger partial charge in [-0.05, 0) is 31.6 Å². The molecule has 3 unspecified atom stereocenters. The Kier molecular flexibility index (Phi) is 4.62. The molecule has 0 bridgehead atoms. The molecule has 0 radical (unpaired) electrons. The Balaban J connectivity index is 1.58. The molecule has 0 amide bonds. The molecule has 0 aromatic heterocycles. The average Bonchev–Trinajstić information content (AvgIpc) is 2.87. The van der Waals surface area contributed by atoms with E-state index in [2.05, 4.69) is 0 Å². The third-order valence-electron chi connectivity index (χ3n) is 4.03. The van der Waals surface area contributed by atoms with Crippen LogP contribution in [-0.2, 0) is 4.74 Å². The highest BCUT2D eigenvalue weighted by atomic mass is 16.5. The average molecular weight is 227 g/mol. The minimum Gasteiger partial charge on any atom is -0.391 e. The molecule has 94 valence electrons. The largest absolute Gasteiger partial charge is 0.391 e. The highest BCUT2D eigenvalue weighted by Gasteiger charge is 2.24. The molecule has 3 heteroatoms. The van der Waals surface area contributed by atoms with Crippen LogP contribution in [0.25, 0.3) is 0 Å². The Hall–Kier alpha value is -0.120. The molecule has 3 atom stereocenters. The maximum absolute atomic E-state index is 9.88. The van der Waals surface area contributed by atoms with Crippen molar-refractivity contribution in [3.63, 3.8) is 0 Å². The van der Waals surface area contributed by atoms with Crippen LogP contribution in [0.4, 0.5) is 0 Å². The first kappa shape index (κ1) is 12.3. The van der Waals surface area contributed by atoms with Crippen LogP contribution in [0.15, 0.2) is 0 Å². The summed E-state index contributed by atoms with van der Waals surface area (Å²) < 4.78 is 5.72. The summed E-state index contributed by atoms with van der Waals surface area (Å²) in [4.78, 5) is 0. The zero-order valence-corrected chi connectivity index (χ0v) is 10.1. The highest BCUT2D eigenvalue weighted by Crippen LogP contribution is 2.29. The number of nitrogens with two attached hydrogens (primary N) is 1. The van der Waals surface area contributed by atoms with Gasteiger partial charge in [0, 0.05) is 6.04 Å². The number of aliphatic hydroxyl groups excluding tert-OH is 1. The van der Waals surface area contributed by atoms with Gasteiger partial charge >= 0.3 is 0 Å². The lowest BCUT2D eigenvalue weighted by Crippen LogP contribution is -2.23. The van der Waals surface area contributed by atoms with E-state index >= 15 is 0 Å². The summed E-state index contributed by atoms with van der Waals surface area (Å²) >= 11 is 0. The fourth-order valence-corrected chi connectivity index (χ4v) is 3.07. The molecular formula is C13H25NO2. The summed E-state index contributed by atoms with van der Waals surface area (Å²) in [6.07, 6.45) is 9.35. The predicted octanol–water partition coefficient (Wildman–Crippen LogP) is 1.82. The van der Waals surface area contributed by atoms with Gasteiger partial charge in [-0.3, -0.25) is 0 Å². The third kappa shape index (κ3) is 3.72. The van der Waals surface area contributed by atoms with E-state index in [1.807, 2.05) is 0 Å². The maximum atomic E-state index is 9.88. The van der Waals surface area contributed by atoms with E-state index in [0.29, 0.717) is 18.8 Å². The van der Waals surface area contributed by atoms with E-state index in [1.54, 1.807) is 0 Å². The van der Waals surface area contributed by atoms with Gasteiger partial charge in [-0.15, -0.1) is 0 Å². The Morgan fingerprint density at radius 1 is 1.19 bits per heavy atom. The van der Waals surface area contributed by atoms with Crippen molar-refractivity contribution in [3.8, 4) is 0 Å². The molecule has 0 heterocycles. The molecule has 2 saturated carbocycles. The quantitative estimate of drug-likeness (QED) is 0.753. The molecule has 3 nitrogen and oxygen atoms in total. The van der Waals surface area contributed by atoms with E-state index in [1.165, 1.54) is 25.7 Å². The summed E-state index contributed by atoms with van der Waals surface area (Å²) in [5.41, 5.74) is 5.82. The van der Waals surface area contributed by atoms with E-state index in [0.717, 1.165) is 31.6 Å². The van der Waals surface area contributed by atoms with Crippen molar-refractivity contribution in [3.05, 3.63) is 0 Å². The molecule has 0 aromatic rings. The van der Waals surface area contributed by atoms with Gasteiger partial charge in [0.05, 0.1) is 18.8 Å². The second-order valence-corrected chi connectivity index (χ2v) is 5.57. The monoisotopic (exact) mass is 227 g/mol. The number of rotatable bonds is 5.